The molecule has 0 unspecified atom stereocenters. The number of carboxylic acid groups (broad SMARTS) is 1. The van der Waals surface area contributed by atoms with Gasteiger partial charge in [0.05, 0.1) is 16.9 Å². The summed E-state index contributed by atoms with van der Waals surface area (Å²) in [7, 11) is 0. The van der Waals surface area contributed by atoms with Crippen LogP contribution >= 0.6 is 0 Å². The van der Waals surface area contributed by atoms with E-state index < -0.39 is 23.6 Å². The fourth-order valence-electron chi connectivity index (χ4n) is 2.27. The average Bonchev–Trinajstić information content (AvgIpc) is 2.89. The summed E-state index contributed by atoms with van der Waals surface area (Å²) < 4.78 is 38.0. The number of alkyl halides is 3. The molecule has 0 fully saturated rings. The Labute approximate surface area is 123 Å². The van der Waals surface area contributed by atoms with E-state index in [1.807, 2.05) is 0 Å². The second kappa shape index (κ2) is 5.70. The second-order valence-corrected chi connectivity index (χ2v) is 4.87. The van der Waals surface area contributed by atoms with Crippen molar-refractivity contribution in [3.05, 3.63) is 34.9 Å². The normalized spacial score (nSPS) is 15.0. The predicted molar refractivity (Wildman–Crippen MR) is 73.0 cm³/mol. The zero-order valence-corrected chi connectivity index (χ0v) is 11.3. The maximum absolute atomic E-state index is 12.7. The topological polar surface area (TPSA) is 92.4 Å². The van der Waals surface area contributed by atoms with Gasteiger partial charge in [-0.3, -0.25) is 4.79 Å². The molecule has 0 spiro atoms. The van der Waals surface area contributed by atoms with E-state index in [0.717, 1.165) is 18.2 Å². The van der Waals surface area contributed by atoms with E-state index in [0.29, 0.717) is 6.42 Å². The van der Waals surface area contributed by atoms with Crippen LogP contribution in [0.1, 0.15) is 24.8 Å². The standard InChI is InChI=1S/C14H13F3N2O3/c15-14(16,17)7-4-5-10(18)11(6-7)19-12(20)8-2-1-3-9(8)13(21)22/h4-6H,1-3,18H2,(H,19,20)(H,21,22). The van der Waals surface area contributed by atoms with Crippen LogP contribution in [0.5, 0.6) is 0 Å². The Balaban J connectivity index is 2.29. The third-order valence-corrected chi connectivity index (χ3v) is 3.38. The third-order valence-electron chi connectivity index (χ3n) is 3.38. The number of hydrogen-bond acceptors (Lipinski definition) is 3. The fraction of sp³-hybridized carbons (Fsp3) is 0.286. The monoisotopic (exact) mass is 314 g/mol. The zero-order valence-electron chi connectivity index (χ0n) is 11.3. The molecule has 0 saturated heterocycles. The van der Waals surface area contributed by atoms with Crippen molar-refractivity contribution in [3.8, 4) is 0 Å². The Kier molecular flexibility index (Phi) is 4.11. The molecule has 1 aromatic rings. The molecular weight excluding hydrogens is 301 g/mol. The lowest BCUT2D eigenvalue weighted by Gasteiger charge is -2.13. The van der Waals surface area contributed by atoms with Gasteiger partial charge in [-0.05, 0) is 37.5 Å². The minimum atomic E-state index is -4.56. The van der Waals surface area contributed by atoms with Gasteiger partial charge in [0.25, 0.3) is 5.91 Å². The number of hydrogen-bond donors (Lipinski definition) is 3. The van der Waals surface area contributed by atoms with Crippen LogP contribution in [0, 0.1) is 0 Å². The third kappa shape index (κ3) is 3.21. The summed E-state index contributed by atoms with van der Waals surface area (Å²) in [6.07, 6.45) is -3.52. The van der Waals surface area contributed by atoms with Gasteiger partial charge in [0.2, 0.25) is 0 Å². The minimum absolute atomic E-state index is 0.0111. The van der Waals surface area contributed by atoms with Crippen LogP contribution in [0.2, 0.25) is 0 Å². The molecule has 0 saturated carbocycles. The van der Waals surface area contributed by atoms with Crippen molar-refractivity contribution in [2.45, 2.75) is 25.4 Å². The van der Waals surface area contributed by atoms with Crippen LogP contribution in [0.15, 0.2) is 29.3 Å². The number of anilines is 2. The van der Waals surface area contributed by atoms with Crippen molar-refractivity contribution in [1.82, 2.24) is 0 Å². The van der Waals surface area contributed by atoms with Crippen LogP contribution in [0.3, 0.4) is 0 Å². The summed E-state index contributed by atoms with van der Waals surface area (Å²) in [5, 5.41) is 11.3. The molecule has 1 aromatic carbocycles. The quantitative estimate of drug-likeness (QED) is 0.748. The number of aliphatic carboxylic acids is 1. The highest BCUT2D eigenvalue weighted by Crippen LogP contribution is 2.34. The molecule has 0 radical (unpaired) electrons. The number of carbonyl (C=O) groups is 2. The van der Waals surface area contributed by atoms with Crippen LogP contribution in [-0.2, 0) is 15.8 Å². The first-order chi connectivity index (χ1) is 10.2. The number of nitrogen functional groups attached to an aromatic ring is 1. The second-order valence-electron chi connectivity index (χ2n) is 4.87. The molecule has 4 N–H and O–H groups in total. The van der Waals surface area contributed by atoms with Crippen LogP contribution in [0.25, 0.3) is 0 Å². The molecule has 2 rings (SSSR count). The summed E-state index contributed by atoms with van der Waals surface area (Å²) in [4.78, 5) is 23.1. The summed E-state index contributed by atoms with van der Waals surface area (Å²) in [6, 6.07) is 2.57. The lowest BCUT2D eigenvalue weighted by atomic mass is 10.1. The number of benzene rings is 1. The molecule has 1 aliphatic rings. The molecule has 118 valence electrons. The molecule has 5 nitrogen and oxygen atoms in total. The number of carbonyl (C=O) groups excluding carboxylic acids is 1. The summed E-state index contributed by atoms with van der Waals surface area (Å²) in [5.41, 5.74) is 4.45. The number of nitrogens with two attached hydrogens (primary N) is 1. The van der Waals surface area contributed by atoms with Crippen LogP contribution < -0.4 is 11.1 Å². The zero-order chi connectivity index (χ0) is 16.5. The lowest BCUT2D eigenvalue weighted by molar-refractivity contribution is -0.137. The van der Waals surface area contributed by atoms with Crippen LogP contribution in [-0.4, -0.2) is 17.0 Å². The number of nitrogens with one attached hydrogen (secondary N) is 1. The Morgan fingerprint density at radius 2 is 1.82 bits per heavy atom. The molecule has 0 atom stereocenters. The van der Waals surface area contributed by atoms with E-state index >= 15 is 0 Å². The van der Waals surface area contributed by atoms with E-state index in [2.05, 4.69) is 5.32 Å². The smallest absolute Gasteiger partial charge is 0.416 e. The van der Waals surface area contributed by atoms with Gasteiger partial charge in [-0.2, -0.15) is 13.2 Å². The van der Waals surface area contributed by atoms with Crippen molar-refractivity contribution in [3.63, 3.8) is 0 Å². The predicted octanol–water partition coefficient (Wildman–Crippen LogP) is 2.79. The summed E-state index contributed by atoms with van der Waals surface area (Å²) in [6.45, 7) is 0. The van der Waals surface area contributed by atoms with Gasteiger partial charge in [0.15, 0.2) is 0 Å². The molecule has 0 bridgehead atoms. The maximum Gasteiger partial charge on any atom is 0.416 e. The number of amides is 1. The Bertz CT molecular complexity index is 666. The van der Waals surface area contributed by atoms with Gasteiger partial charge < -0.3 is 16.2 Å². The molecule has 0 aromatic heterocycles. The molecule has 0 heterocycles. The van der Waals surface area contributed by atoms with Gasteiger partial charge in [-0.25, -0.2) is 4.79 Å². The SMILES string of the molecule is Nc1ccc(C(F)(F)F)cc1NC(=O)C1=C(C(=O)O)CCC1. The van der Waals surface area contributed by atoms with E-state index in [-0.39, 0.29) is 35.4 Å². The van der Waals surface area contributed by atoms with Gasteiger partial charge in [-0.15, -0.1) is 0 Å². The van der Waals surface area contributed by atoms with E-state index in [1.165, 1.54) is 0 Å². The fourth-order valence-corrected chi connectivity index (χ4v) is 2.27. The highest BCUT2D eigenvalue weighted by molar-refractivity contribution is 6.10. The van der Waals surface area contributed by atoms with Gasteiger partial charge in [0, 0.05) is 11.1 Å². The molecule has 8 heteroatoms. The molecule has 0 aliphatic heterocycles. The van der Waals surface area contributed by atoms with E-state index in [4.69, 9.17) is 10.8 Å². The number of rotatable bonds is 3. The Morgan fingerprint density at radius 1 is 1.18 bits per heavy atom. The largest absolute Gasteiger partial charge is 0.478 e. The van der Waals surface area contributed by atoms with Crippen molar-refractivity contribution in [1.29, 1.82) is 0 Å². The highest BCUT2D eigenvalue weighted by atomic mass is 19.4. The first-order valence-corrected chi connectivity index (χ1v) is 6.43. The van der Waals surface area contributed by atoms with Crippen LogP contribution in [0.4, 0.5) is 24.5 Å². The van der Waals surface area contributed by atoms with Crippen molar-refractivity contribution < 1.29 is 27.9 Å². The average molecular weight is 314 g/mol. The van der Waals surface area contributed by atoms with Gasteiger partial charge in [-0.1, -0.05) is 0 Å². The Hall–Kier alpha value is -2.51. The number of carboxylic acids is 1. The first-order valence-electron chi connectivity index (χ1n) is 6.43. The maximum atomic E-state index is 12.7. The highest BCUT2D eigenvalue weighted by Gasteiger charge is 2.31. The van der Waals surface area contributed by atoms with Crippen molar-refractivity contribution in [2.75, 3.05) is 11.1 Å². The molecule has 1 aliphatic carbocycles. The summed E-state index contributed by atoms with van der Waals surface area (Å²) >= 11 is 0. The summed E-state index contributed by atoms with van der Waals surface area (Å²) in [5.74, 6) is -1.93. The van der Waals surface area contributed by atoms with E-state index in [9.17, 15) is 22.8 Å². The van der Waals surface area contributed by atoms with Crippen molar-refractivity contribution in [2.24, 2.45) is 0 Å². The van der Waals surface area contributed by atoms with Gasteiger partial charge >= 0.3 is 12.1 Å². The van der Waals surface area contributed by atoms with Crippen molar-refractivity contribution >= 4 is 23.3 Å². The molecule has 22 heavy (non-hydrogen) atoms. The lowest BCUT2D eigenvalue weighted by Crippen LogP contribution is -2.18. The van der Waals surface area contributed by atoms with E-state index in [1.54, 1.807) is 0 Å². The number of halogens is 3. The molecule has 1 amide bonds. The Morgan fingerprint density at radius 3 is 2.41 bits per heavy atom. The van der Waals surface area contributed by atoms with Gasteiger partial charge in [0.1, 0.15) is 0 Å². The molecular formula is C14H13F3N2O3. The minimum Gasteiger partial charge on any atom is -0.478 e. The first kappa shape index (κ1) is 15.9.